The Balaban J connectivity index is 1.22. The normalized spacial score (nSPS) is 20.0. The van der Waals surface area contributed by atoms with Gasteiger partial charge in [-0.15, -0.1) is 0 Å². The Morgan fingerprint density at radius 1 is 1.32 bits per heavy atom. The lowest BCUT2D eigenvalue weighted by molar-refractivity contribution is 0.0372. The molecule has 1 aromatic heterocycles. The van der Waals surface area contributed by atoms with Crippen LogP contribution in [0.15, 0.2) is 42.6 Å². The summed E-state index contributed by atoms with van der Waals surface area (Å²) in [6.45, 7) is 5.51. The zero-order chi connectivity index (χ0) is 21.5. The highest BCUT2D eigenvalue weighted by Gasteiger charge is 2.19. The highest BCUT2D eigenvalue weighted by Crippen LogP contribution is 2.18. The number of amides is 1. The summed E-state index contributed by atoms with van der Waals surface area (Å²) in [6, 6.07) is 11.8. The predicted molar refractivity (Wildman–Crippen MR) is 119 cm³/mol. The predicted octanol–water partition coefficient (Wildman–Crippen LogP) is 0.631. The molecule has 2 unspecified atom stereocenters. The first-order valence-corrected chi connectivity index (χ1v) is 10.9. The number of carbonyl (C=O) groups excluding carboxylic acids is 1. The number of hydrogen-bond donors (Lipinski definition) is 4. The van der Waals surface area contributed by atoms with E-state index in [2.05, 4.69) is 50.1 Å². The Bertz CT molecular complexity index is 872. The van der Waals surface area contributed by atoms with Gasteiger partial charge in [-0.3, -0.25) is 9.69 Å². The van der Waals surface area contributed by atoms with Crippen molar-refractivity contribution in [2.75, 3.05) is 51.2 Å². The third kappa shape index (κ3) is 6.24. The van der Waals surface area contributed by atoms with Gasteiger partial charge in [-0.1, -0.05) is 24.3 Å². The molecule has 0 aliphatic carbocycles. The molecule has 4 N–H and O–H groups in total. The van der Waals surface area contributed by atoms with Crippen molar-refractivity contribution in [3.63, 3.8) is 0 Å². The van der Waals surface area contributed by atoms with Crippen LogP contribution in [-0.4, -0.2) is 79.0 Å². The van der Waals surface area contributed by atoms with Gasteiger partial charge in [0.1, 0.15) is 5.82 Å². The molecule has 1 saturated heterocycles. The van der Waals surface area contributed by atoms with E-state index in [4.69, 9.17) is 4.74 Å². The van der Waals surface area contributed by atoms with Gasteiger partial charge < -0.3 is 25.8 Å². The first-order valence-electron chi connectivity index (χ1n) is 10.9. The summed E-state index contributed by atoms with van der Waals surface area (Å²) >= 11 is 0. The Hall–Kier alpha value is -2.52. The van der Waals surface area contributed by atoms with E-state index in [-0.39, 0.29) is 18.6 Å². The largest absolute Gasteiger partial charge is 0.390 e. The SMILES string of the molecule is O=C(NCC(O)CN1CCc2ccccc2C1)c1ccnc(NCC2CNCCO2)c1. The second-order valence-electron chi connectivity index (χ2n) is 8.13. The Morgan fingerprint density at radius 2 is 2.19 bits per heavy atom. The lowest BCUT2D eigenvalue weighted by Gasteiger charge is -2.30. The van der Waals surface area contributed by atoms with E-state index >= 15 is 0 Å². The Labute approximate surface area is 183 Å². The van der Waals surface area contributed by atoms with Crippen LogP contribution in [0, 0.1) is 0 Å². The van der Waals surface area contributed by atoms with Gasteiger partial charge in [0, 0.05) is 57.6 Å². The molecule has 0 saturated carbocycles. The minimum absolute atomic E-state index is 0.0879. The van der Waals surface area contributed by atoms with Crippen molar-refractivity contribution in [1.29, 1.82) is 0 Å². The third-order valence-corrected chi connectivity index (χ3v) is 5.71. The number of benzene rings is 1. The quantitative estimate of drug-likeness (QED) is 0.492. The van der Waals surface area contributed by atoms with Crippen molar-refractivity contribution in [1.82, 2.24) is 20.5 Å². The molecule has 2 aliphatic rings. The van der Waals surface area contributed by atoms with Crippen molar-refractivity contribution >= 4 is 11.7 Å². The van der Waals surface area contributed by atoms with E-state index in [0.29, 0.717) is 31.1 Å². The highest BCUT2D eigenvalue weighted by molar-refractivity contribution is 5.94. The van der Waals surface area contributed by atoms with Gasteiger partial charge >= 0.3 is 0 Å². The molecule has 166 valence electrons. The maximum atomic E-state index is 12.5. The summed E-state index contributed by atoms with van der Waals surface area (Å²) in [6.07, 6.45) is 2.07. The maximum Gasteiger partial charge on any atom is 0.251 e. The standard InChI is InChI=1S/C23H31N5O3/c29-20(16-28-9-6-17-3-1-2-4-19(17)15-28)12-27-23(30)18-5-7-25-22(11-18)26-14-21-13-24-8-10-31-21/h1-5,7,11,20-21,24,29H,6,8-10,12-16H2,(H,25,26)(H,27,30). The van der Waals surface area contributed by atoms with Crippen LogP contribution < -0.4 is 16.0 Å². The zero-order valence-electron chi connectivity index (χ0n) is 17.7. The summed E-state index contributed by atoms with van der Waals surface area (Å²) in [5.74, 6) is 0.415. The Morgan fingerprint density at radius 3 is 3.03 bits per heavy atom. The van der Waals surface area contributed by atoms with Crippen LogP contribution >= 0.6 is 0 Å². The van der Waals surface area contributed by atoms with E-state index in [1.807, 2.05) is 0 Å². The molecule has 0 spiro atoms. The summed E-state index contributed by atoms with van der Waals surface area (Å²) < 4.78 is 5.66. The van der Waals surface area contributed by atoms with Crippen LogP contribution in [0.5, 0.6) is 0 Å². The second kappa shape index (κ2) is 10.7. The molecule has 4 rings (SSSR count). The number of aromatic nitrogens is 1. The second-order valence-corrected chi connectivity index (χ2v) is 8.13. The number of morpholine rings is 1. The van der Waals surface area contributed by atoms with E-state index in [1.165, 1.54) is 11.1 Å². The fraction of sp³-hybridized carbons (Fsp3) is 0.478. The zero-order valence-corrected chi connectivity index (χ0v) is 17.7. The number of aliphatic hydroxyl groups is 1. The van der Waals surface area contributed by atoms with Crippen LogP contribution in [0.2, 0.25) is 0 Å². The third-order valence-electron chi connectivity index (χ3n) is 5.71. The van der Waals surface area contributed by atoms with Crippen LogP contribution in [0.4, 0.5) is 5.82 Å². The average molecular weight is 426 g/mol. The molecule has 0 radical (unpaired) electrons. The molecular formula is C23H31N5O3. The van der Waals surface area contributed by atoms with Crippen molar-refractivity contribution < 1.29 is 14.6 Å². The maximum absolute atomic E-state index is 12.5. The molecule has 1 aromatic carbocycles. The van der Waals surface area contributed by atoms with Crippen molar-refractivity contribution in [2.24, 2.45) is 0 Å². The van der Waals surface area contributed by atoms with Crippen molar-refractivity contribution in [3.8, 4) is 0 Å². The summed E-state index contributed by atoms with van der Waals surface area (Å²) in [5, 5.41) is 19.8. The molecule has 0 bridgehead atoms. The van der Waals surface area contributed by atoms with Gasteiger partial charge in [-0.05, 0) is 29.7 Å². The van der Waals surface area contributed by atoms with Crippen LogP contribution in [0.3, 0.4) is 0 Å². The first kappa shape index (κ1) is 21.7. The van der Waals surface area contributed by atoms with Gasteiger partial charge in [0.15, 0.2) is 0 Å². The first-order chi connectivity index (χ1) is 15.2. The number of β-amino-alcohol motifs (C(OH)–C–C–N with tert-alkyl or cyclic N) is 1. The van der Waals surface area contributed by atoms with E-state index in [9.17, 15) is 9.90 Å². The van der Waals surface area contributed by atoms with Gasteiger partial charge in [0.05, 0.1) is 18.8 Å². The minimum atomic E-state index is -0.621. The fourth-order valence-electron chi connectivity index (χ4n) is 4.02. The molecule has 8 heteroatoms. The van der Waals surface area contributed by atoms with Gasteiger partial charge in [-0.25, -0.2) is 4.98 Å². The number of rotatable bonds is 8. The summed E-state index contributed by atoms with van der Waals surface area (Å²) in [7, 11) is 0. The van der Waals surface area contributed by atoms with Crippen LogP contribution in [-0.2, 0) is 17.7 Å². The van der Waals surface area contributed by atoms with Crippen LogP contribution in [0.25, 0.3) is 0 Å². The van der Waals surface area contributed by atoms with Crippen molar-refractivity contribution in [3.05, 3.63) is 59.3 Å². The molecular weight excluding hydrogens is 394 g/mol. The van der Waals surface area contributed by atoms with Gasteiger partial charge in [0.25, 0.3) is 5.91 Å². The van der Waals surface area contributed by atoms with Gasteiger partial charge in [0.2, 0.25) is 0 Å². The monoisotopic (exact) mass is 425 g/mol. The van der Waals surface area contributed by atoms with E-state index in [0.717, 1.165) is 32.6 Å². The number of aliphatic hydroxyl groups excluding tert-OH is 1. The van der Waals surface area contributed by atoms with Gasteiger partial charge in [-0.2, -0.15) is 0 Å². The molecule has 2 aliphatic heterocycles. The highest BCUT2D eigenvalue weighted by atomic mass is 16.5. The number of pyridine rings is 1. The number of ether oxygens (including phenoxy) is 1. The molecule has 1 fully saturated rings. The average Bonchev–Trinajstić information content (AvgIpc) is 2.82. The topological polar surface area (TPSA) is 98.8 Å². The van der Waals surface area contributed by atoms with Crippen molar-refractivity contribution in [2.45, 2.75) is 25.2 Å². The summed E-state index contributed by atoms with van der Waals surface area (Å²) in [4.78, 5) is 19.0. The summed E-state index contributed by atoms with van der Waals surface area (Å²) in [5.41, 5.74) is 3.21. The molecule has 31 heavy (non-hydrogen) atoms. The fourth-order valence-corrected chi connectivity index (χ4v) is 4.02. The molecule has 3 heterocycles. The molecule has 2 atom stereocenters. The Kier molecular flexibility index (Phi) is 7.48. The number of fused-ring (bicyclic) bond motifs is 1. The molecule has 2 aromatic rings. The minimum Gasteiger partial charge on any atom is -0.390 e. The number of anilines is 1. The smallest absolute Gasteiger partial charge is 0.251 e. The van der Waals surface area contributed by atoms with E-state index in [1.54, 1.807) is 18.3 Å². The molecule has 8 nitrogen and oxygen atoms in total. The van der Waals surface area contributed by atoms with E-state index < -0.39 is 6.10 Å². The lowest BCUT2D eigenvalue weighted by atomic mass is 10.00. The number of nitrogens with one attached hydrogen (secondary N) is 3. The number of nitrogens with zero attached hydrogens (tertiary/aromatic N) is 2. The number of carbonyl (C=O) groups is 1. The van der Waals surface area contributed by atoms with Crippen LogP contribution in [0.1, 0.15) is 21.5 Å². The lowest BCUT2D eigenvalue weighted by Crippen LogP contribution is -2.42. The molecule has 1 amide bonds. The number of hydrogen-bond acceptors (Lipinski definition) is 7.